The van der Waals surface area contributed by atoms with Crippen LogP contribution in [-0.4, -0.2) is 43.2 Å². The molecule has 0 aromatic heterocycles. The van der Waals surface area contributed by atoms with E-state index in [1.54, 1.807) is 0 Å². The summed E-state index contributed by atoms with van der Waals surface area (Å²) in [6.45, 7) is 9.03. The van der Waals surface area contributed by atoms with Crippen molar-refractivity contribution in [2.24, 2.45) is 5.73 Å². The molecule has 1 saturated carbocycles. The van der Waals surface area contributed by atoms with E-state index in [1.807, 2.05) is 0 Å². The first kappa shape index (κ1) is 14.9. The molecule has 3 heteroatoms. The normalized spacial score (nSPS) is 27.9. The average molecular weight is 287 g/mol. The third kappa shape index (κ3) is 3.09. The Hall–Kier alpha value is -1.06. The highest BCUT2D eigenvalue weighted by Gasteiger charge is 2.30. The molecule has 2 atom stereocenters. The molecule has 3 rings (SSSR count). The highest BCUT2D eigenvalue weighted by molar-refractivity contribution is 5.56. The summed E-state index contributed by atoms with van der Waals surface area (Å²) < 4.78 is 0. The first-order valence-electron chi connectivity index (χ1n) is 8.47. The van der Waals surface area contributed by atoms with Crippen molar-refractivity contribution in [1.29, 1.82) is 0 Å². The van der Waals surface area contributed by atoms with E-state index in [1.165, 1.54) is 42.5 Å². The van der Waals surface area contributed by atoms with Crippen molar-refractivity contribution in [3.8, 4) is 0 Å². The third-order valence-electron chi connectivity index (χ3n) is 5.48. The second-order valence-corrected chi connectivity index (χ2v) is 6.76. The van der Waals surface area contributed by atoms with E-state index in [-0.39, 0.29) is 0 Å². The summed E-state index contributed by atoms with van der Waals surface area (Å²) >= 11 is 0. The molecule has 2 aliphatic rings. The van der Waals surface area contributed by atoms with Crippen LogP contribution in [0.4, 0.5) is 5.69 Å². The number of nitrogens with zero attached hydrogens (tertiary/aromatic N) is 2. The maximum absolute atomic E-state index is 6.34. The van der Waals surface area contributed by atoms with Crippen LogP contribution in [0.15, 0.2) is 18.2 Å². The molecule has 3 nitrogen and oxygen atoms in total. The van der Waals surface area contributed by atoms with Gasteiger partial charge in [0, 0.05) is 44.0 Å². The van der Waals surface area contributed by atoms with Crippen LogP contribution in [0.5, 0.6) is 0 Å². The van der Waals surface area contributed by atoms with Gasteiger partial charge < -0.3 is 10.6 Å². The Kier molecular flexibility index (Phi) is 4.51. The molecule has 0 radical (unpaired) electrons. The minimum atomic E-state index is 0.394. The number of rotatable bonds is 2. The van der Waals surface area contributed by atoms with Gasteiger partial charge >= 0.3 is 0 Å². The lowest BCUT2D eigenvalue weighted by atomic mass is 9.89. The number of hydrogen-bond acceptors (Lipinski definition) is 3. The van der Waals surface area contributed by atoms with Gasteiger partial charge in [0.2, 0.25) is 0 Å². The second kappa shape index (κ2) is 6.37. The van der Waals surface area contributed by atoms with Gasteiger partial charge in [0.05, 0.1) is 0 Å². The van der Waals surface area contributed by atoms with E-state index >= 15 is 0 Å². The topological polar surface area (TPSA) is 32.5 Å². The summed E-state index contributed by atoms with van der Waals surface area (Å²) in [5.41, 5.74) is 10.6. The molecule has 1 aromatic rings. The lowest BCUT2D eigenvalue weighted by Crippen LogP contribution is -2.56. The highest BCUT2D eigenvalue weighted by Crippen LogP contribution is 2.27. The van der Waals surface area contributed by atoms with Gasteiger partial charge in [0.15, 0.2) is 0 Å². The molecule has 2 fully saturated rings. The Morgan fingerprint density at radius 2 is 1.71 bits per heavy atom. The van der Waals surface area contributed by atoms with Crippen molar-refractivity contribution < 1.29 is 0 Å². The van der Waals surface area contributed by atoms with Gasteiger partial charge in [-0.3, -0.25) is 4.90 Å². The summed E-state index contributed by atoms with van der Waals surface area (Å²) in [6.07, 6.45) is 5.18. The summed E-state index contributed by atoms with van der Waals surface area (Å²) in [5, 5.41) is 0. The van der Waals surface area contributed by atoms with Crippen molar-refractivity contribution in [3.05, 3.63) is 29.3 Å². The molecule has 2 unspecified atom stereocenters. The van der Waals surface area contributed by atoms with Crippen molar-refractivity contribution in [3.63, 3.8) is 0 Å². The minimum absolute atomic E-state index is 0.394. The number of hydrogen-bond donors (Lipinski definition) is 1. The zero-order chi connectivity index (χ0) is 14.8. The van der Waals surface area contributed by atoms with E-state index in [0.717, 1.165) is 26.2 Å². The Balaban J connectivity index is 1.63. The van der Waals surface area contributed by atoms with Gasteiger partial charge in [-0.1, -0.05) is 25.0 Å². The quantitative estimate of drug-likeness (QED) is 0.908. The molecule has 0 spiro atoms. The first-order chi connectivity index (χ1) is 10.2. The Morgan fingerprint density at radius 3 is 2.43 bits per heavy atom. The van der Waals surface area contributed by atoms with Crippen LogP contribution in [0.3, 0.4) is 0 Å². The minimum Gasteiger partial charge on any atom is -0.369 e. The molecule has 0 amide bonds. The molecule has 1 aromatic carbocycles. The average Bonchev–Trinajstić information content (AvgIpc) is 2.51. The monoisotopic (exact) mass is 287 g/mol. The summed E-state index contributed by atoms with van der Waals surface area (Å²) in [5.74, 6) is 0. The standard InChI is InChI=1S/C18H29N3/c1-14-6-5-9-17(15(14)2)20-10-12-21(13-11-20)18-8-4-3-7-16(18)19/h5-6,9,16,18H,3-4,7-8,10-13,19H2,1-2H3. The van der Waals surface area contributed by atoms with Crippen LogP contribution >= 0.6 is 0 Å². The SMILES string of the molecule is Cc1cccc(N2CCN(C3CCCCC3N)CC2)c1C. The van der Waals surface area contributed by atoms with E-state index < -0.39 is 0 Å². The molecule has 2 N–H and O–H groups in total. The largest absolute Gasteiger partial charge is 0.369 e. The lowest BCUT2D eigenvalue weighted by molar-refractivity contribution is 0.130. The van der Waals surface area contributed by atoms with E-state index in [9.17, 15) is 0 Å². The van der Waals surface area contributed by atoms with Crippen LogP contribution in [0.1, 0.15) is 36.8 Å². The maximum Gasteiger partial charge on any atom is 0.0399 e. The van der Waals surface area contributed by atoms with Gasteiger partial charge in [0.25, 0.3) is 0 Å². The maximum atomic E-state index is 6.34. The highest BCUT2D eigenvalue weighted by atomic mass is 15.3. The fourth-order valence-electron chi connectivity index (χ4n) is 3.97. The van der Waals surface area contributed by atoms with Crippen LogP contribution in [0, 0.1) is 13.8 Å². The van der Waals surface area contributed by atoms with Crippen molar-refractivity contribution in [2.75, 3.05) is 31.1 Å². The number of aryl methyl sites for hydroxylation is 1. The number of piperazine rings is 1. The number of anilines is 1. The van der Waals surface area contributed by atoms with Gasteiger partial charge in [-0.15, -0.1) is 0 Å². The first-order valence-corrected chi connectivity index (χ1v) is 8.47. The van der Waals surface area contributed by atoms with Crippen LogP contribution < -0.4 is 10.6 Å². The van der Waals surface area contributed by atoms with Crippen molar-refractivity contribution >= 4 is 5.69 Å². The molecular formula is C18H29N3. The zero-order valence-corrected chi connectivity index (χ0v) is 13.5. The van der Waals surface area contributed by atoms with Crippen molar-refractivity contribution in [2.45, 2.75) is 51.6 Å². The molecule has 1 heterocycles. The van der Waals surface area contributed by atoms with E-state index in [2.05, 4.69) is 41.8 Å². The van der Waals surface area contributed by atoms with Gasteiger partial charge in [-0.05, 0) is 43.9 Å². The molecule has 1 aliphatic heterocycles. The van der Waals surface area contributed by atoms with Gasteiger partial charge in [0.1, 0.15) is 0 Å². The van der Waals surface area contributed by atoms with Crippen LogP contribution in [-0.2, 0) is 0 Å². The Labute approximate surface area is 129 Å². The summed E-state index contributed by atoms with van der Waals surface area (Å²) in [7, 11) is 0. The Morgan fingerprint density at radius 1 is 1.00 bits per heavy atom. The van der Waals surface area contributed by atoms with Crippen LogP contribution in [0.2, 0.25) is 0 Å². The predicted molar refractivity (Wildman–Crippen MR) is 89.9 cm³/mol. The smallest absolute Gasteiger partial charge is 0.0399 e. The van der Waals surface area contributed by atoms with Gasteiger partial charge in [-0.25, -0.2) is 0 Å². The molecule has 0 bridgehead atoms. The lowest BCUT2D eigenvalue weighted by Gasteiger charge is -2.44. The fourth-order valence-corrected chi connectivity index (χ4v) is 3.97. The van der Waals surface area contributed by atoms with E-state index in [4.69, 9.17) is 5.73 Å². The van der Waals surface area contributed by atoms with Gasteiger partial charge in [-0.2, -0.15) is 0 Å². The molecule has 116 valence electrons. The fraction of sp³-hybridized carbons (Fsp3) is 0.667. The predicted octanol–water partition coefficient (Wildman–Crippen LogP) is 2.70. The Bertz CT molecular complexity index is 477. The zero-order valence-electron chi connectivity index (χ0n) is 13.5. The van der Waals surface area contributed by atoms with Crippen molar-refractivity contribution in [1.82, 2.24) is 4.90 Å². The molecule has 1 saturated heterocycles. The van der Waals surface area contributed by atoms with E-state index in [0.29, 0.717) is 12.1 Å². The number of nitrogens with two attached hydrogens (primary N) is 1. The summed E-state index contributed by atoms with van der Waals surface area (Å²) in [6, 6.07) is 7.67. The van der Waals surface area contributed by atoms with Crippen LogP contribution in [0.25, 0.3) is 0 Å². The third-order valence-corrected chi connectivity index (χ3v) is 5.48. The molecule has 1 aliphatic carbocycles. The number of benzene rings is 1. The molecular weight excluding hydrogens is 258 g/mol. The second-order valence-electron chi connectivity index (χ2n) is 6.76. The summed E-state index contributed by atoms with van der Waals surface area (Å²) in [4.78, 5) is 5.19. The molecule has 21 heavy (non-hydrogen) atoms.